The number of alkyl halides is 3. The molecular formula is C11H10F3NO. The van der Waals surface area contributed by atoms with Crippen LogP contribution in [-0.4, -0.2) is 6.36 Å². The SMILES string of the molecule is CC(C)c1cc(C#N)cc(OC(F)(F)F)c1. The van der Waals surface area contributed by atoms with Gasteiger partial charge in [-0.3, -0.25) is 0 Å². The third-order valence-electron chi connectivity index (χ3n) is 1.96. The Morgan fingerprint density at radius 3 is 2.31 bits per heavy atom. The third kappa shape index (κ3) is 3.46. The fourth-order valence-electron chi connectivity index (χ4n) is 1.21. The zero-order valence-corrected chi connectivity index (χ0v) is 8.80. The first-order chi connectivity index (χ1) is 7.31. The number of hydrogen-bond donors (Lipinski definition) is 0. The Kier molecular flexibility index (Phi) is 3.43. The first kappa shape index (κ1) is 12.4. The predicted octanol–water partition coefficient (Wildman–Crippen LogP) is 3.58. The first-order valence-electron chi connectivity index (χ1n) is 4.62. The van der Waals surface area contributed by atoms with E-state index in [2.05, 4.69) is 4.74 Å². The number of nitrogens with zero attached hydrogens (tertiary/aromatic N) is 1. The van der Waals surface area contributed by atoms with Crippen molar-refractivity contribution in [2.45, 2.75) is 26.1 Å². The lowest BCUT2D eigenvalue weighted by molar-refractivity contribution is -0.274. The van der Waals surface area contributed by atoms with Gasteiger partial charge in [0.1, 0.15) is 5.75 Å². The van der Waals surface area contributed by atoms with Crippen molar-refractivity contribution in [1.82, 2.24) is 0 Å². The van der Waals surface area contributed by atoms with Crippen LogP contribution in [-0.2, 0) is 0 Å². The molecule has 0 radical (unpaired) electrons. The summed E-state index contributed by atoms with van der Waals surface area (Å²) in [7, 11) is 0. The van der Waals surface area contributed by atoms with Crippen molar-refractivity contribution >= 4 is 0 Å². The monoisotopic (exact) mass is 229 g/mol. The van der Waals surface area contributed by atoms with Crippen LogP contribution in [0.25, 0.3) is 0 Å². The third-order valence-corrected chi connectivity index (χ3v) is 1.96. The zero-order valence-electron chi connectivity index (χ0n) is 8.80. The molecule has 1 rings (SSSR count). The number of hydrogen-bond acceptors (Lipinski definition) is 2. The van der Waals surface area contributed by atoms with Gasteiger partial charge in [0.15, 0.2) is 0 Å². The van der Waals surface area contributed by atoms with E-state index in [0.29, 0.717) is 5.56 Å². The van der Waals surface area contributed by atoms with E-state index in [4.69, 9.17) is 5.26 Å². The molecule has 2 nitrogen and oxygen atoms in total. The van der Waals surface area contributed by atoms with Crippen LogP contribution in [0.1, 0.15) is 30.9 Å². The summed E-state index contributed by atoms with van der Waals surface area (Å²) in [6.07, 6.45) is -4.73. The molecule has 0 spiro atoms. The average molecular weight is 229 g/mol. The van der Waals surface area contributed by atoms with Crippen molar-refractivity contribution in [1.29, 1.82) is 5.26 Å². The predicted molar refractivity (Wildman–Crippen MR) is 51.9 cm³/mol. The Bertz CT molecular complexity index is 418. The lowest BCUT2D eigenvalue weighted by Crippen LogP contribution is -2.17. The van der Waals surface area contributed by atoms with E-state index >= 15 is 0 Å². The smallest absolute Gasteiger partial charge is 0.406 e. The van der Waals surface area contributed by atoms with Crippen molar-refractivity contribution in [3.05, 3.63) is 29.3 Å². The summed E-state index contributed by atoms with van der Waals surface area (Å²) in [5.41, 5.74) is 0.795. The average Bonchev–Trinajstić information content (AvgIpc) is 2.14. The molecule has 0 bridgehead atoms. The molecule has 0 aliphatic rings. The molecule has 0 atom stereocenters. The lowest BCUT2D eigenvalue weighted by atomic mass is 10.0. The van der Waals surface area contributed by atoms with Gasteiger partial charge >= 0.3 is 6.36 Å². The molecule has 0 unspecified atom stereocenters. The van der Waals surface area contributed by atoms with Gasteiger partial charge < -0.3 is 4.74 Å². The summed E-state index contributed by atoms with van der Waals surface area (Å²) in [4.78, 5) is 0. The quantitative estimate of drug-likeness (QED) is 0.776. The molecule has 0 amide bonds. The van der Waals surface area contributed by atoms with Crippen LogP contribution in [0.15, 0.2) is 18.2 Å². The molecule has 0 fully saturated rings. The molecule has 86 valence electrons. The number of nitriles is 1. The van der Waals surface area contributed by atoms with Gasteiger partial charge in [0.25, 0.3) is 0 Å². The summed E-state index contributed by atoms with van der Waals surface area (Å²) in [5.74, 6) is -0.320. The van der Waals surface area contributed by atoms with Crippen molar-refractivity contribution in [2.24, 2.45) is 0 Å². The first-order valence-corrected chi connectivity index (χ1v) is 4.62. The molecular weight excluding hydrogens is 219 g/mol. The van der Waals surface area contributed by atoms with E-state index in [1.807, 2.05) is 13.8 Å². The number of rotatable bonds is 2. The Labute approximate surface area is 91.3 Å². The molecule has 0 heterocycles. The molecule has 0 aromatic heterocycles. The summed E-state index contributed by atoms with van der Waals surface area (Å²) >= 11 is 0. The lowest BCUT2D eigenvalue weighted by Gasteiger charge is -2.12. The normalized spacial score (nSPS) is 11.3. The second-order valence-electron chi connectivity index (χ2n) is 3.61. The van der Waals surface area contributed by atoms with Gasteiger partial charge in [-0.05, 0) is 29.7 Å². The molecule has 5 heteroatoms. The maximum absolute atomic E-state index is 12.0. The summed E-state index contributed by atoms with van der Waals surface area (Å²) in [6.45, 7) is 3.65. The van der Waals surface area contributed by atoms with Crippen molar-refractivity contribution in [3.63, 3.8) is 0 Å². The molecule has 0 saturated heterocycles. The molecule has 1 aromatic rings. The van der Waals surface area contributed by atoms with Gasteiger partial charge in [-0.25, -0.2) is 0 Å². The highest BCUT2D eigenvalue weighted by Gasteiger charge is 2.31. The molecule has 0 aliphatic carbocycles. The van der Waals surface area contributed by atoms with Crippen molar-refractivity contribution in [3.8, 4) is 11.8 Å². The summed E-state index contributed by atoms with van der Waals surface area (Å²) in [5, 5.41) is 8.68. The highest BCUT2D eigenvalue weighted by molar-refractivity contribution is 5.41. The molecule has 0 aliphatic heterocycles. The van der Waals surface area contributed by atoms with Crippen LogP contribution in [0, 0.1) is 11.3 Å². The van der Waals surface area contributed by atoms with Crippen molar-refractivity contribution < 1.29 is 17.9 Å². The Morgan fingerprint density at radius 2 is 1.88 bits per heavy atom. The van der Waals surface area contributed by atoms with E-state index in [1.165, 1.54) is 6.07 Å². The number of benzene rings is 1. The second kappa shape index (κ2) is 4.44. The Balaban J connectivity index is 3.11. The standard InChI is InChI=1S/C11H10F3NO/c1-7(2)9-3-8(6-15)4-10(5-9)16-11(12,13)14/h3-5,7H,1-2H3. The van der Waals surface area contributed by atoms with Gasteiger partial charge in [0.05, 0.1) is 11.6 Å². The highest BCUT2D eigenvalue weighted by Crippen LogP contribution is 2.27. The minimum atomic E-state index is -4.73. The van der Waals surface area contributed by atoms with E-state index in [0.717, 1.165) is 6.07 Å². The van der Waals surface area contributed by atoms with E-state index in [9.17, 15) is 13.2 Å². The van der Waals surface area contributed by atoms with Gasteiger partial charge in [-0.1, -0.05) is 13.8 Å². The summed E-state index contributed by atoms with van der Waals surface area (Å²) < 4.78 is 39.8. The van der Waals surface area contributed by atoms with Crippen LogP contribution < -0.4 is 4.74 Å². The number of ether oxygens (including phenoxy) is 1. The molecule has 1 aromatic carbocycles. The topological polar surface area (TPSA) is 33.0 Å². The minimum Gasteiger partial charge on any atom is -0.406 e. The minimum absolute atomic E-state index is 0.0314. The van der Waals surface area contributed by atoms with E-state index in [-0.39, 0.29) is 17.2 Å². The van der Waals surface area contributed by atoms with E-state index in [1.54, 1.807) is 12.1 Å². The van der Waals surface area contributed by atoms with Crippen LogP contribution in [0.4, 0.5) is 13.2 Å². The Morgan fingerprint density at radius 1 is 1.25 bits per heavy atom. The maximum atomic E-state index is 12.0. The van der Waals surface area contributed by atoms with Crippen molar-refractivity contribution in [2.75, 3.05) is 0 Å². The molecule has 0 N–H and O–H groups in total. The Hall–Kier alpha value is -1.70. The zero-order chi connectivity index (χ0) is 12.3. The van der Waals surface area contributed by atoms with Gasteiger partial charge in [-0.15, -0.1) is 13.2 Å². The number of halogens is 3. The molecule has 16 heavy (non-hydrogen) atoms. The van der Waals surface area contributed by atoms with Gasteiger partial charge in [0.2, 0.25) is 0 Å². The fraction of sp³-hybridized carbons (Fsp3) is 0.364. The van der Waals surface area contributed by atoms with Crippen LogP contribution in [0.2, 0.25) is 0 Å². The van der Waals surface area contributed by atoms with Gasteiger partial charge in [0, 0.05) is 0 Å². The fourth-order valence-corrected chi connectivity index (χ4v) is 1.21. The van der Waals surface area contributed by atoms with E-state index < -0.39 is 6.36 Å². The van der Waals surface area contributed by atoms with Crippen LogP contribution in [0.3, 0.4) is 0 Å². The van der Waals surface area contributed by atoms with Gasteiger partial charge in [-0.2, -0.15) is 5.26 Å². The largest absolute Gasteiger partial charge is 0.573 e. The molecule has 0 saturated carbocycles. The van der Waals surface area contributed by atoms with Crippen LogP contribution >= 0.6 is 0 Å². The van der Waals surface area contributed by atoms with Crippen LogP contribution in [0.5, 0.6) is 5.75 Å². The highest BCUT2D eigenvalue weighted by atomic mass is 19.4. The maximum Gasteiger partial charge on any atom is 0.573 e. The summed E-state index contributed by atoms with van der Waals surface area (Å²) in [6, 6.07) is 5.71. The second-order valence-corrected chi connectivity index (χ2v) is 3.61.